The second-order valence-corrected chi connectivity index (χ2v) is 12.4. The summed E-state index contributed by atoms with van der Waals surface area (Å²) < 4.78 is 33.4. The molecule has 0 heterocycles. The first-order chi connectivity index (χ1) is 21.7. The Kier molecular flexibility index (Phi) is 10.6. The maximum Gasteiger partial charge on any atom is 0.418 e. The standard InChI is InChI=1S/C34H44N2O10/c1-7-41-31(39)33(3,4)45-21-13-9-19-11-15-25(35)27(23(19)17-21)43-29(37)30(38)44-28-24-18-22(14-10-20(24)12-16-26(28)36)46-34(5,6)32(40)42-8-2/h9-10,13-14,17-18,25-28H,7-8,11-12,15-16,35-36H2,1-6H3. The second kappa shape index (κ2) is 14.1. The summed E-state index contributed by atoms with van der Waals surface area (Å²) in [6.07, 6.45) is 0.357. The van der Waals surface area contributed by atoms with E-state index in [1.54, 1.807) is 65.8 Å². The van der Waals surface area contributed by atoms with Crippen molar-refractivity contribution in [3.63, 3.8) is 0 Å². The molecule has 0 fully saturated rings. The van der Waals surface area contributed by atoms with Crippen molar-refractivity contribution in [3.05, 3.63) is 58.7 Å². The highest BCUT2D eigenvalue weighted by Crippen LogP contribution is 2.38. The molecule has 0 aromatic heterocycles. The molecule has 0 spiro atoms. The number of ether oxygens (including phenoxy) is 6. The van der Waals surface area contributed by atoms with Gasteiger partial charge in [-0.3, -0.25) is 0 Å². The fourth-order valence-electron chi connectivity index (χ4n) is 5.58. The van der Waals surface area contributed by atoms with Gasteiger partial charge in [-0.2, -0.15) is 0 Å². The molecule has 0 saturated heterocycles. The van der Waals surface area contributed by atoms with Crippen LogP contribution in [0.15, 0.2) is 36.4 Å². The van der Waals surface area contributed by atoms with Crippen molar-refractivity contribution in [1.82, 2.24) is 0 Å². The van der Waals surface area contributed by atoms with Gasteiger partial charge in [-0.05, 0) is 103 Å². The molecule has 0 aliphatic heterocycles. The van der Waals surface area contributed by atoms with Gasteiger partial charge in [0.1, 0.15) is 23.7 Å². The quantitative estimate of drug-likeness (QED) is 0.220. The number of esters is 4. The van der Waals surface area contributed by atoms with Gasteiger partial charge in [-0.1, -0.05) is 12.1 Å². The summed E-state index contributed by atoms with van der Waals surface area (Å²) in [5.74, 6) is -2.80. The van der Waals surface area contributed by atoms with E-state index in [-0.39, 0.29) is 13.2 Å². The number of nitrogens with two attached hydrogens (primary N) is 2. The number of fused-ring (bicyclic) bond motifs is 2. The van der Waals surface area contributed by atoms with Crippen LogP contribution < -0.4 is 20.9 Å². The van der Waals surface area contributed by atoms with Crippen molar-refractivity contribution in [1.29, 1.82) is 0 Å². The Morgan fingerprint density at radius 1 is 0.674 bits per heavy atom. The predicted octanol–water partition coefficient (Wildman–Crippen LogP) is 3.54. The zero-order chi connectivity index (χ0) is 33.8. The van der Waals surface area contributed by atoms with Crippen LogP contribution in [0.5, 0.6) is 11.5 Å². The summed E-state index contributed by atoms with van der Waals surface area (Å²) in [5.41, 5.74) is 13.1. The molecule has 4 rings (SSSR count). The van der Waals surface area contributed by atoms with Gasteiger partial charge in [0.15, 0.2) is 11.2 Å². The fraction of sp³-hybridized carbons (Fsp3) is 0.529. The first-order valence-corrected chi connectivity index (χ1v) is 15.6. The summed E-state index contributed by atoms with van der Waals surface area (Å²) in [7, 11) is 0. The van der Waals surface area contributed by atoms with Crippen LogP contribution in [0, 0.1) is 0 Å². The Labute approximate surface area is 269 Å². The van der Waals surface area contributed by atoms with Gasteiger partial charge in [-0.15, -0.1) is 0 Å². The summed E-state index contributed by atoms with van der Waals surface area (Å²) in [5, 5.41) is 0. The highest BCUT2D eigenvalue weighted by molar-refractivity contribution is 6.29. The second-order valence-electron chi connectivity index (χ2n) is 12.4. The lowest BCUT2D eigenvalue weighted by molar-refractivity contribution is -0.176. The fourth-order valence-corrected chi connectivity index (χ4v) is 5.58. The Balaban J connectivity index is 1.51. The van der Waals surface area contributed by atoms with E-state index in [0.717, 1.165) is 11.1 Å². The molecule has 4 unspecified atom stereocenters. The average Bonchev–Trinajstić information content (AvgIpc) is 2.99. The lowest BCUT2D eigenvalue weighted by Gasteiger charge is -2.33. The van der Waals surface area contributed by atoms with Crippen LogP contribution in [0.1, 0.15) is 88.8 Å². The van der Waals surface area contributed by atoms with Crippen molar-refractivity contribution in [2.24, 2.45) is 11.5 Å². The molecule has 0 radical (unpaired) electrons. The zero-order valence-electron chi connectivity index (χ0n) is 27.3. The predicted molar refractivity (Wildman–Crippen MR) is 166 cm³/mol. The van der Waals surface area contributed by atoms with E-state index in [2.05, 4.69) is 0 Å². The van der Waals surface area contributed by atoms with Crippen molar-refractivity contribution in [2.45, 2.75) is 103 Å². The molecule has 2 aromatic carbocycles. The highest BCUT2D eigenvalue weighted by atomic mass is 16.6. The largest absolute Gasteiger partial charge is 0.476 e. The molecule has 2 aliphatic rings. The lowest BCUT2D eigenvalue weighted by Crippen LogP contribution is -2.41. The Bertz CT molecular complexity index is 1360. The zero-order valence-corrected chi connectivity index (χ0v) is 27.3. The number of carbonyl (C=O) groups is 4. The van der Waals surface area contributed by atoms with Crippen LogP contribution in [0.25, 0.3) is 0 Å². The molecule has 12 nitrogen and oxygen atoms in total. The first kappa shape index (κ1) is 34.7. The van der Waals surface area contributed by atoms with E-state index in [0.29, 0.717) is 48.3 Å². The Morgan fingerprint density at radius 2 is 1.04 bits per heavy atom. The minimum atomic E-state index is -1.27. The van der Waals surface area contributed by atoms with Crippen LogP contribution in [-0.4, -0.2) is 60.4 Å². The minimum Gasteiger partial charge on any atom is -0.476 e. The van der Waals surface area contributed by atoms with Gasteiger partial charge >= 0.3 is 23.9 Å². The van der Waals surface area contributed by atoms with Crippen LogP contribution in [-0.2, 0) is 51.0 Å². The maximum absolute atomic E-state index is 13.2. The first-order valence-electron chi connectivity index (χ1n) is 15.6. The Hall–Kier alpha value is -4.16. The van der Waals surface area contributed by atoms with Crippen molar-refractivity contribution < 1.29 is 47.6 Å². The van der Waals surface area contributed by atoms with E-state index in [4.69, 9.17) is 39.9 Å². The maximum atomic E-state index is 13.2. The van der Waals surface area contributed by atoms with E-state index < -0.39 is 59.4 Å². The molecule has 12 heteroatoms. The topological polar surface area (TPSA) is 176 Å². The normalized spacial score (nSPS) is 20.8. The molecule has 0 bridgehead atoms. The lowest BCUT2D eigenvalue weighted by atomic mass is 9.86. The third-order valence-electron chi connectivity index (χ3n) is 8.03. The van der Waals surface area contributed by atoms with Gasteiger partial charge in [0.05, 0.1) is 13.2 Å². The summed E-state index contributed by atoms with van der Waals surface area (Å²) in [6.45, 7) is 10.2. The van der Waals surface area contributed by atoms with Gasteiger partial charge in [0, 0.05) is 23.2 Å². The number of hydrogen-bond donors (Lipinski definition) is 2. The van der Waals surface area contributed by atoms with Crippen molar-refractivity contribution in [3.8, 4) is 11.5 Å². The van der Waals surface area contributed by atoms with Gasteiger partial charge in [0.2, 0.25) is 0 Å². The molecule has 4 N–H and O–H groups in total. The van der Waals surface area contributed by atoms with Crippen LogP contribution >= 0.6 is 0 Å². The van der Waals surface area contributed by atoms with Crippen LogP contribution in [0.3, 0.4) is 0 Å². The molecule has 2 aromatic rings. The molecule has 4 atom stereocenters. The number of rotatable bonds is 10. The molecule has 250 valence electrons. The summed E-state index contributed by atoms with van der Waals surface area (Å²) >= 11 is 0. The van der Waals surface area contributed by atoms with Gasteiger partial charge in [-0.25, -0.2) is 19.2 Å². The average molecular weight is 641 g/mol. The molecule has 0 amide bonds. The highest BCUT2D eigenvalue weighted by Gasteiger charge is 2.38. The number of hydrogen-bond acceptors (Lipinski definition) is 12. The molecule has 0 saturated carbocycles. The monoisotopic (exact) mass is 640 g/mol. The molecule has 2 aliphatic carbocycles. The molecular formula is C34H44N2O10. The smallest absolute Gasteiger partial charge is 0.418 e. The number of benzene rings is 2. The number of aryl methyl sites for hydroxylation is 2. The van der Waals surface area contributed by atoms with E-state index in [9.17, 15) is 19.2 Å². The summed E-state index contributed by atoms with van der Waals surface area (Å²) in [4.78, 5) is 51.1. The third-order valence-corrected chi connectivity index (χ3v) is 8.03. The van der Waals surface area contributed by atoms with Crippen LogP contribution in [0.4, 0.5) is 0 Å². The minimum absolute atomic E-state index is 0.207. The molecule has 46 heavy (non-hydrogen) atoms. The van der Waals surface area contributed by atoms with E-state index in [1.165, 1.54) is 0 Å². The SMILES string of the molecule is CCOC(=O)C(C)(C)Oc1ccc2c(c1)C(OC(=O)C(=O)OC1c3cc(OC(C)(C)C(=O)OCC)ccc3CCC1N)C(N)CC2. The Morgan fingerprint density at radius 3 is 1.39 bits per heavy atom. The van der Waals surface area contributed by atoms with Gasteiger partial charge in [0.25, 0.3) is 0 Å². The third kappa shape index (κ3) is 7.79. The molecular weight excluding hydrogens is 596 g/mol. The van der Waals surface area contributed by atoms with Gasteiger partial charge < -0.3 is 39.9 Å². The number of carbonyl (C=O) groups excluding carboxylic acids is 4. The van der Waals surface area contributed by atoms with Crippen LogP contribution in [0.2, 0.25) is 0 Å². The summed E-state index contributed by atoms with van der Waals surface area (Å²) in [6, 6.07) is 9.19. The van der Waals surface area contributed by atoms with E-state index in [1.807, 2.05) is 12.1 Å². The van der Waals surface area contributed by atoms with Crippen molar-refractivity contribution >= 4 is 23.9 Å². The van der Waals surface area contributed by atoms with E-state index >= 15 is 0 Å². The van der Waals surface area contributed by atoms with Crippen molar-refractivity contribution in [2.75, 3.05) is 13.2 Å².